The Morgan fingerprint density at radius 1 is 1.55 bits per heavy atom. The lowest BCUT2D eigenvalue weighted by atomic mass is 9.92. The average molecular weight is 180 g/mol. The van der Waals surface area contributed by atoms with Gasteiger partial charge in [-0.1, -0.05) is 0 Å². The minimum Gasteiger partial charge on any atom is -0.364 e. The smallest absolute Gasteiger partial charge is 0.269 e. The van der Waals surface area contributed by atoms with Gasteiger partial charge in [-0.15, -0.1) is 0 Å². The van der Waals surface area contributed by atoms with Gasteiger partial charge in [0.05, 0.1) is 5.75 Å². The van der Waals surface area contributed by atoms with Gasteiger partial charge in [-0.3, -0.25) is 0 Å². The van der Waals surface area contributed by atoms with E-state index in [9.17, 15) is 13.5 Å². The van der Waals surface area contributed by atoms with Crippen molar-refractivity contribution in [2.75, 3.05) is 5.75 Å². The molecular weight excluding hydrogens is 168 g/mol. The molecule has 0 aliphatic heterocycles. The maximum absolute atomic E-state index is 10.8. The van der Waals surface area contributed by atoms with Crippen LogP contribution < -0.4 is 0 Å². The normalized spacial score (nSPS) is 22.7. The molecule has 1 rings (SSSR count). The van der Waals surface area contributed by atoms with Crippen molar-refractivity contribution in [1.82, 2.24) is 0 Å². The first-order valence-corrected chi connectivity index (χ1v) is 5.21. The highest BCUT2D eigenvalue weighted by Gasteiger charge is 2.39. The van der Waals surface area contributed by atoms with E-state index < -0.39 is 15.9 Å². The van der Waals surface area contributed by atoms with Gasteiger partial charge in [0, 0.05) is 12.8 Å². The highest BCUT2D eigenvalue weighted by molar-refractivity contribution is 7.86. The van der Waals surface area contributed by atoms with Gasteiger partial charge in [0.2, 0.25) is 0 Å². The van der Waals surface area contributed by atoms with Gasteiger partial charge in [-0.25, -0.2) is 4.18 Å². The highest BCUT2D eigenvalue weighted by atomic mass is 32.2. The maximum atomic E-state index is 10.8. The van der Waals surface area contributed by atoms with E-state index in [4.69, 9.17) is 0 Å². The second-order valence-corrected chi connectivity index (χ2v) is 4.59. The lowest BCUT2D eigenvalue weighted by Crippen LogP contribution is -2.41. The van der Waals surface area contributed by atoms with Crippen molar-refractivity contribution in [3.63, 3.8) is 0 Å². The predicted molar refractivity (Wildman–Crippen MR) is 39.3 cm³/mol. The molecular formula is C6H12O4S. The zero-order chi connectivity index (χ0) is 8.54. The minimum absolute atomic E-state index is 0.0880. The average Bonchev–Trinajstić information content (AvgIpc) is 1.84. The molecule has 1 N–H and O–H groups in total. The lowest BCUT2D eigenvalue weighted by Gasteiger charge is -2.34. The Labute approximate surface area is 66.3 Å². The molecule has 0 aromatic carbocycles. The van der Waals surface area contributed by atoms with E-state index in [0.717, 1.165) is 6.42 Å². The number of hydrogen-bond donors (Lipinski definition) is 1. The first-order valence-electron chi connectivity index (χ1n) is 3.63. The van der Waals surface area contributed by atoms with Crippen LogP contribution in [0.1, 0.15) is 26.2 Å². The van der Waals surface area contributed by atoms with Crippen molar-refractivity contribution in [2.24, 2.45) is 0 Å². The van der Waals surface area contributed by atoms with Gasteiger partial charge in [0.15, 0.2) is 5.79 Å². The van der Waals surface area contributed by atoms with Crippen LogP contribution in [0.4, 0.5) is 0 Å². The monoisotopic (exact) mass is 180 g/mol. The largest absolute Gasteiger partial charge is 0.364 e. The van der Waals surface area contributed by atoms with Crippen LogP contribution in [0.3, 0.4) is 0 Å². The summed E-state index contributed by atoms with van der Waals surface area (Å²) >= 11 is 0. The molecule has 0 amide bonds. The Morgan fingerprint density at radius 2 is 2.09 bits per heavy atom. The molecule has 0 unspecified atom stereocenters. The molecule has 1 aliphatic rings. The van der Waals surface area contributed by atoms with Crippen LogP contribution >= 0.6 is 0 Å². The van der Waals surface area contributed by atoms with Gasteiger partial charge >= 0.3 is 0 Å². The quantitative estimate of drug-likeness (QED) is 0.498. The Hall–Kier alpha value is -0.130. The van der Waals surface area contributed by atoms with E-state index in [1.54, 1.807) is 0 Å². The van der Waals surface area contributed by atoms with E-state index in [-0.39, 0.29) is 5.75 Å². The highest BCUT2D eigenvalue weighted by Crippen LogP contribution is 2.33. The summed E-state index contributed by atoms with van der Waals surface area (Å²) in [6, 6.07) is 0. The lowest BCUT2D eigenvalue weighted by molar-refractivity contribution is -0.185. The molecule has 0 spiro atoms. The second-order valence-electron chi connectivity index (χ2n) is 2.73. The minimum atomic E-state index is -3.49. The molecule has 0 saturated heterocycles. The molecule has 0 aromatic rings. The Balaban J connectivity index is 2.54. The van der Waals surface area contributed by atoms with Crippen LogP contribution in [0.25, 0.3) is 0 Å². The van der Waals surface area contributed by atoms with Crippen LogP contribution in [-0.2, 0) is 14.3 Å². The fourth-order valence-electron chi connectivity index (χ4n) is 0.858. The predicted octanol–water partition coefficient (Wildman–Crippen LogP) is 0.225. The van der Waals surface area contributed by atoms with E-state index in [1.807, 2.05) is 0 Å². The fraction of sp³-hybridized carbons (Fsp3) is 1.00. The summed E-state index contributed by atoms with van der Waals surface area (Å²) in [6.07, 6.45) is 1.67. The van der Waals surface area contributed by atoms with Crippen molar-refractivity contribution >= 4 is 10.1 Å². The fourth-order valence-corrected chi connectivity index (χ4v) is 1.62. The molecule has 1 fully saturated rings. The summed E-state index contributed by atoms with van der Waals surface area (Å²) < 4.78 is 26.2. The Bertz CT molecular complexity index is 227. The summed E-state index contributed by atoms with van der Waals surface area (Å²) in [6.45, 7) is 1.48. The summed E-state index contributed by atoms with van der Waals surface area (Å²) in [4.78, 5) is 0. The SMILES string of the molecule is CCS(=O)(=O)OC1(O)CCC1. The maximum Gasteiger partial charge on any atom is 0.269 e. The summed E-state index contributed by atoms with van der Waals surface area (Å²) in [7, 11) is -3.49. The number of hydrogen-bond acceptors (Lipinski definition) is 4. The van der Waals surface area contributed by atoms with Crippen LogP contribution in [0, 0.1) is 0 Å². The van der Waals surface area contributed by atoms with Crippen molar-refractivity contribution in [2.45, 2.75) is 32.0 Å². The third-order valence-electron chi connectivity index (χ3n) is 1.77. The third-order valence-corrected chi connectivity index (χ3v) is 3.04. The van der Waals surface area contributed by atoms with Gasteiger partial charge < -0.3 is 5.11 Å². The van der Waals surface area contributed by atoms with Crippen LogP contribution in [0.15, 0.2) is 0 Å². The molecule has 0 heterocycles. The molecule has 11 heavy (non-hydrogen) atoms. The Kier molecular flexibility index (Phi) is 2.22. The topological polar surface area (TPSA) is 63.6 Å². The molecule has 0 radical (unpaired) electrons. The van der Waals surface area contributed by atoms with E-state index in [2.05, 4.69) is 4.18 Å². The first kappa shape index (κ1) is 8.96. The molecule has 1 aliphatic carbocycles. The Morgan fingerprint density at radius 3 is 2.36 bits per heavy atom. The molecule has 0 atom stereocenters. The summed E-state index contributed by atoms with van der Waals surface area (Å²) in [5, 5.41) is 9.28. The van der Waals surface area contributed by atoms with Crippen molar-refractivity contribution in [1.29, 1.82) is 0 Å². The van der Waals surface area contributed by atoms with Crippen LogP contribution in [-0.4, -0.2) is 25.1 Å². The van der Waals surface area contributed by atoms with Crippen LogP contribution in [0.2, 0.25) is 0 Å². The zero-order valence-corrected chi connectivity index (χ0v) is 7.23. The molecule has 0 bridgehead atoms. The van der Waals surface area contributed by atoms with E-state index in [1.165, 1.54) is 6.92 Å². The molecule has 4 nitrogen and oxygen atoms in total. The van der Waals surface area contributed by atoms with Crippen LogP contribution in [0.5, 0.6) is 0 Å². The van der Waals surface area contributed by atoms with Gasteiger partial charge in [0.1, 0.15) is 0 Å². The van der Waals surface area contributed by atoms with E-state index in [0.29, 0.717) is 12.8 Å². The first-order chi connectivity index (χ1) is 4.97. The third kappa shape index (κ3) is 2.15. The van der Waals surface area contributed by atoms with Crippen molar-refractivity contribution < 1.29 is 17.7 Å². The number of rotatable bonds is 3. The van der Waals surface area contributed by atoms with Gasteiger partial charge in [-0.2, -0.15) is 8.42 Å². The standard InChI is InChI=1S/C6H12O4S/c1-2-11(8,9)10-6(7)4-3-5-6/h7H,2-5H2,1H3. The second kappa shape index (κ2) is 2.73. The van der Waals surface area contributed by atoms with Gasteiger partial charge in [-0.05, 0) is 13.3 Å². The summed E-state index contributed by atoms with van der Waals surface area (Å²) in [5.41, 5.74) is 0. The number of aliphatic hydroxyl groups is 1. The molecule has 0 aromatic heterocycles. The van der Waals surface area contributed by atoms with Gasteiger partial charge in [0.25, 0.3) is 10.1 Å². The van der Waals surface area contributed by atoms with Crippen molar-refractivity contribution in [3.8, 4) is 0 Å². The zero-order valence-electron chi connectivity index (χ0n) is 6.41. The van der Waals surface area contributed by atoms with Crippen molar-refractivity contribution in [3.05, 3.63) is 0 Å². The molecule has 1 saturated carbocycles. The summed E-state index contributed by atoms with van der Waals surface area (Å²) in [5.74, 6) is -1.47. The van der Waals surface area contributed by atoms with E-state index >= 15 is 0 Å². The molecule has 5 heteroatoms. The molecule has 66 valence electrons.